The van der Waals surface area contributed by atoms with E-state index in [0.717, 1.165) is 17.0 Å². The van der Waals surface area contributed by atoms with Gasteiger partial charge in [0, 0.05) is 5.02 Å². The quantitative estimate of drug-likeness (QED) is 0.937. The predicted molar refractivity (Wildman–Crippen MR) is 82.4 cm³/mol. The predicted octanol–water partition coefficient (Wildman–Crippen LogP) is 3.67. The number of amides is 1. The lowest BCUT2D eigenvalue weighted by Gasteiger charge is -2.23. The lowest BCUT2D eigenvalue weighted by Crippen LogP contribution is -2.34. The molecule has 1 aromatic carbocycles. The van der Waals surface area contributed by atoms with Crippen LogP contribution in [-0.4, -0.2) is 16.1 Å². The Morgan fingerprint density at radius 3 is 2.75 bits per heavy atom. The first-order valence-electron chi connectivity index (χ1n) is 6.33. The van der Waals surface area contributed by atoms with Crippen LogP contribution >= 0.6 is 22.9 Å². The van der Waals surface area contributed by atoms with E-state index in [1.165, 1.54) is 11.3 Å². The van der Waals surface area contributed by atoms with Gasteiger partial charge in [-0.05, 0) is 38.0 Å². The highest BCUT2D eigenvalue weighted by Crippen LogP contribution is 2.27. The Kier molecular flexibility index (Phi) is 4.40. The van der Waals surface area contributed by atoms with Crippen molar-refractivity contribution in [2.45, 2.75) is 32.6 Å². The van der Waals surface area contributed by atoms with E-state index in [2.05, 4.69) is 15.5 Å². The Hall–Kier alpha value is -1.46. The molecule has 0 radical (unpaired) electrons. The summed E-state index contributed by atoms with van der Waals surface area (Å²) >= 11 is 7.38. The summed E-state index contributed by atoms with van der Waals surface area (Å²) in [5.41, 5.74) is 0.172. The molecule has 106 valence electrons. The van der Waals surface area contributed by atoms with Crippen molar-refractivity contribution in [1.82, 2.24) is 10.2 Å². The summed E-state index contributed by atoms with van der Waals surface area (Å²) in [6, 6.07) is 7.33. The molecule has 1 N–H and O–H groups in total. The molecule has 0 aliphatic rings. The molecule has 0 fully saturated rings. The molecule has 1 amide bonds. The Labute approximate surface area is 127 Å². The molecule has 2 rings (SSSR count). The first-order valence-corrected chi connectivity index (χ1v) is 7.53. The van der Waals surface area contributed by atoms with Gasteiger partial charge in [-0.15, -0.1) is 10.2 Å². The lowest BCUT2D eigenvalue weighted by atomic mass is 9.84. The van der Waals surface area contributed by atoms with E-state index in [-0.39, 0.29) is 5.91 Å². The van der Waals surface area contributed by atoms with Crippen molar-refractivity contribution in [2.75, 3.05) is 5.32 Å². The Morgan fingerprint density at radius 1 is 1.40 bits per heavy atom. The molecule has 4 nitrogen and oxygen atoms in total. The topological polar surface area (TPSA) is 54.9 Å². The van der Waals surface area contributed by atoms with E-state index in [0.29, 0.717) is 10.2 Å². The number of rotatable bonds is 4. The van der Waals surface area contributed by atoms with Crippen molar-refractivity contribution in [2.24, 2.45) is 0 Å². The zero-order valence-corrected chi connectivity index (χ0v) is 13.2. The highest BCUT2D eigenvalue weighted by molar-refractivity contribution is 7.15. The van der Waals surface area contributed by atoms with Gasteiger partial charge >= 0.3 is 0 Å². The van der Waals surface area contributed by atoms with Gasteiger partial charge in [0.25, 0.3) is 0 Å². The number of nitrogens with one attached hydrogen (secondary N) is 1. The van der Waals surface area contributed by atoms with Crippen LogP contribution in [0.5, 0.6) is 0 Å². The van der Waals surface area contributed by atoms with Gasteiger partial charge in [-0.1, -0.05) is 42.0 Å². The van der Waals surface area contributed by atoms with Gasteiger partial charge in [0.1, 0.15) is 5.01 Å². The molecule has 1 aromatic heterocycles. The SMILES string of the molecule is CCc1nnc(NC(=O)C(C)(C)c2cccc(Cl)c2)s1. The van der Waals surface area contributed by atoms with Crippen LogP contribution in [0.4, 0.5) is 5.13 Å². The molecule has 0 spiro atoms. The molecule has 0 bridgehead atoms. The Bertz CT molecular complexity index is 624. The summed E-state index contributed by atoms with van der Waals surface area (Å²) in [6.07, 6.45) is 0.811. The highest BCUT2D eigenvalue weighted by atomic mass is 35.5. The Balaban J connectivity index is 2.18. The molecule has 0 aliphatic heterocycles. The maximum atomic E-state index is 12.4. The van der Waals surface area contributed by atoms with Gasteiger partial charge < -0.3 is 0 Å². The number of benzene rings is 1. The number of aryl methyl sites for hydroxylation is 1. The maximum absolute atomic E-state index is 12.4. The van der Waals surface area contributed by atoms with E-state index < -0.39 is 5.41 Å². The Morgan fingerprint density at radius 2 is 2.15 bits per heavy atom. The summed E-state index contributed by atoms with van der Waals surface area (Å²) in [7, 11) is 0. The fourth-order valence-electron chi connectivity index (χ4n) is 1.71. The molecule has 0 unspecified atom stereocenters. The molecule has 0 atom stereocenters. The lowest BCUT2D eigenvalue weighted by molar-refractivity contribution is -0.120. The number of carbonyl (C=O) groups excluding carboxylic acids is 1. The van der Waals surface area contributed by atoms with Crippen LogP contribution in [0.15, 0.2) is 24.3 Å². The number of nitrogens with zero attached hydrogens (tertiary/aromatic N) is 2. The van der Waals surface area contributed by atoms with E-state index in [1.54, 1.807) is 12.1 Å². The fourth-order valence-corrected chi connectivity index (χ4v) is 2.57. The van der Waals surface area contributed by atoms with Crippen LogP contribution in [0.25, 0.3) is 0 Å². The summed E-state index contributed by atoms with van der Waals surface area (Å²) in [4.78, 5) is 12.4. The normalized spacial score (nSPS) is 11.4. The van der Waals surface area contributed by atoms with Crippen molar-refractivity contribution in [1.29, 1.82) is 0 Å². The third-order valence-electron chi connectivity index (χ3n) is 3.10. The number of hydrogen-bond donors (Lipinski definition) is 1. The van der Waals surface area contributed by atoms with Crippen LogP contribution in [-0.2, 0) is 16.6 Å². The summed E-state index contributed by atoms with van der Waals surface area (Å²) in [6.45, 7) is 5.72. The minimum absolute atomic E-state index is 0.126. The van der Waals surface area contributed by atoms with Gasteiger partial charge in [0.05, 0.1) is 5.41 Å². The average Bonchev–Trinajstić information content (AvgIpc) is 2.86. The van der Waals surface area contributed by atoms with Gasteiger partial charge in [-0.3, -0.25) is 10.1 Å². The minimum Gasteiger partial charge on any atom is -0.300 e. The fraction of sp³-hybridized carbons (Fsp3) is 0.357. The van der Waals surface area contributed by atoms with Gasteiger partial charge in [0.15, 0.2) is 0 Å². The monoisotopic (exact) mass is 309 g/mol. The molecule has 20 heavy (non-hydrogen) atoms. The van der Waals surface area contributed by atoms with Crippen molar-refractivity contribution in [3.05, 3.63) is 39.9 Å². The number of halogens is 1. The second kappa shape index (κ2) is 5.89. The van der Waals surface area contributed by atoms with E-state index in [4.69, 9.17) is 11.6 Å². The number of carbonyl (C=O) groups is 1. The first-order chi connectivity index (χ1) is 9.43. The molecule has 0 saturated heterocycles. The minimum atomic E-state index is -0.692. The van der Waals surface area contributed by atoms with Gasteiger partial charge in [-0.2, -0.15) is 0 Å². The van der Waals surface area contributed by atoms with Crippen LogP contribution in [0.2, 0.25) is 5.02 Å². The summed E-state index contributed by atoms with van der Waals surface area (Å²) in [5.74, 6) is -0.126. The summed E-state index contributed by atoms with van der Waals surface area (Å²) in [5, 5.41) is 12.8. The average molecular weight is 310 g/mol. The highest BCUT2D eigenvalue weighted by Gasteiger charge is 2.30. The van der Waals surface area contributed by atoms with Crippen molar-refractivity contribution < 1.29 is 4.79 Å². The number of hydrogen-bond acceptors (Lipinski definition) is 4. The molecule has 0 saturated carbocycles. The second-order valence-corrected chi connectivity index (χ2v) is 6.44. The molecular formula is C14H16ClN3OS. The molecule has 0 aliphatic carbocycles. The van der Waals surface area contributed by atoms with Crippen molar-refractivity contribution in [3.63, 3.8) is 0 Å². The summed E-state index contributed by atoms with van der Waals surface area (Å²) < 4.78 is 0. The van der Waals surface area contributed by atoms with Crippen molar-refractivity contribution >= 4 is 34.0 Å². The third-order valence-corrected chi connectivity index (χ3v) is 4.32. The van der Waals surface area contributed by atoms with Crippen molar-refractivity contribution in [3.8, 4) is 0 Å². The number of aromatic nitrogens is 2. The van der Waals surface area contributed by atoms with Crippen LogP contribution < -0.4 is 5.32 Å². The molecule has 1 heterocycles. The largest absolute Gasteiger partial charge is 0.300 e. The van der Waals surface area contributed by atoms with Gasteiger partial charge in [0.2, 0.25) is 11.0 Å². The van der Waals surface area contributed by atoms with Crippen LogP contribution in [0.3, 0.4) is 0 Å². The zero-order chi connectivity index (χ0) is 14.8. The van der Waals surface area contributed by atoms with E-state index in [9.17, 15) is 4.79 Å². The first kappa shape index (κ1) is 14.9. The molecular weight excluding hydrogens is 294 g/mol. The number of anilines is 1. The maximum Gasteiger partial charge on any atom is 0.236 e. The smallest absolute Gasteiger partial charge is 0.236 e. The van der Waals surface area contributed by atoms with Gasteiger partial charge in [-0.25, -0.2) is 0 Å². The van der Waals surface area contributed by atoms with Crippen LogP contribution in [0.1, 0.15) is 31.3 Å². The zero-order valence-electron chi connectivity index (χ0n) is 11.6. The van der Waals surface area contributed by atoms with E-state index >= 15 is 0 Å². The van der Waals surface area contributed by atoms with Crippen LogP contribution in [0, 0.1) is 0 Å². The standard InChI is InChI=1S/C14H16ClN3OS/c1-4-11-17-18-13(20-11)16-12(19)14(2,3)9-6-5-7-10(15)8-9/h5-8H,4H2,1-3H3,(H,16,18,19). The van der Waals surface area contributed by atoms with E-state index in [1.807, 2.05) is 32.9 Å². The molecule has 2 aromatic rings. The third kappa shape index (κ3) is 3.16. The second-order valence-electron chi connectivity index (χ2n) is 4.94. The molecule has 6 heteroatoms.